The van der Waals surface area contributed by atoms with Crippen LogP contribution in [0, 0.1) is 0 Å². The van der Waals surface area contributed by atoms with Crippen LogP contribution in [0.1, 0.15) is 37.4 Å². The quantitative estimate of drug-likeness (QED) is 0.696. The highest BCUT2D eigenvalue weighted by atomic mass is 35.5. The molecule has 27 heavy (non-hydrogen) atoms. The lowest BCUT2D eigenvalue weighted by Crippen LogP contribution is -2.47. The summed E-state index contributed by atoms with van der Waals surface area (Å²) in [5.74, 6) is 1.02. The Kier molecular flexibility index (Phi) is 4.22. The number of thiophene rings is 1. The van der Waals surface area contributed by atoms with E-state index in [1.807, 2.05) is 16.5 Å². The van der Waals surface area contributed by atoms with E-state index in [0.717, 1.165) is 54.8 Å². The minimum absolute atomic E-state index is 0.0505. The second-order valence-electron chi connectivity index (χ2n) is 7.37. The van der Waals surface area contributed by atoms with Crippen molar-refractivity contribution in [1.82, 2.24) is 24.8 Å². The molecule has 1 saturated carbocycles. The van der Waals surface area contributed by atoms with E-state index in [9.17, 15) is 9.59 Å². The largest absolute Gasteiger partial charge is 0.350 e. The van der Waals surface area contributed by atoms with Gasteiger partial charge in [-0.3, -0.25) is 14.0 Å². The molecular weight excluding hydrogens is 386 g/mol. The Morgan fingerprint density at radius 1 is 1.33 bits per heavy atom. The number of rotatable bonds is 4. The van der Waals surface area contributed by atoms with E-state index >= 15 is 0 Å². The van der Waals surface area contributed by atoms with Crippen molar-refractivity contribution >= 4 is 44.6 Å². The standard InChI is InChI=1S/C18H20ClN5O2S/c19-15-7-12-14(27-15)6-13-18(26)23(22-17(24(12)13)10-3-4-10)9-16(25)21-11-2-1-5-20-8-11/h6-7,10-11,20H,1-5,8-9H2,(H,21,25)/t11-/m1/s1. The number of halogens is 1. The predicted octanol–water partition coefficient (Wildman–Crippen LogP) is 2.11. The number of nitrogens with zero attached hydrogens (tertiary/aromatic N) is 3. The van der Waals surface area contributed by atoms with Crippen LogP contribution in [0.25, 0.3) is 15.7 Å². The van der Waals surface area contributed by atoms with Gasteiger partial charge in [0.2, 0.25) is 5.91 Å². The number of hydrogen-bond donors (Lipinski definition) is 2. The minimum atomic E-state index is -0.240. The molecule has 142 valence electrons. The van der Waals surface area contributed by atoms with Crippen molar-refractivity contribution in [3.8, 4) is 0 Å². The molecule has 7 nitrogen and oxygen atoms in total. The van der Waals surface area contributed by atoms with Crippen molar-refractivity contribution < 1.29 is 4.79 Å². The second kappa shape index (κ2) is 6.61. The molecule has 2 aliphatic rings. The molecule has 1 amide bonds. The van der Waals surface area contributed by atoms with Crippen LogP contribution in [0.5, 0.6) is 0 Å². The number of fused-ring (bicyclic) bond motifs is 3. The summed E-state index contributed by atoms with van der Waals surface area (Å²) < 4.78 is 4.91. The molecule has 1 aliphatic heterocycles. The average Bonchev–Trinajstić information content (AvgIpc) is 3.34. The molecule has 1 atom stereocenters. The second-order valence-corrected chi connectivity index (χ2v) is 9.09. The molecular formula is C18H20ClN5O2S. The van der Waals surface area contributed by atoms with Gasteiger partial charge in [-0.1, -0.05) is 11.6 Å². The zero-order valence-corrected chi connectivity index (χ0v) is 16.3. The van der Waals surface area contributed by atoms with E-state index in [1.165, 1.54) is 16.0 Å². The fourth-order valence-corrected chi connectivity index (χ4v) is 4.97. The van der Waals surface area contributed by atoms with E-state index in [0.29, 0.717) is 15.8 Å². The molecule has 1 saturated heterocycles. The van der Waals surface area contributed by atoms with Crippen molar-refractivity contribution in [1.29, 1.82) is 0 Å². The van der Waals surface area contributed by atoms with Crippen LogP contribution in [0.3, 0.4) is 0 Å². The van der Waals surface area contributed by atoms with Crippen LogP contribution in [0.4, 0.5) is 0 Å². The summed E-state index contributed by atoms with van der Waals surface area (Å²) in [6, 6.07) is 3.87. The molecule has 9 heteroatoms. The van der Waals surface area contributed by atoms with E-state index in [-0.39, 0.29) is 24.1 Å². The molecule has 0 unspecified atom stereocenters. The van der Waals surface area contributed by atoms with Gasteiger partial charge in [-0.15, -0.1) is 11.3 Å². The summed E-state index contributed by atoms with van der Waals surface area (Å²) in [6.07, 6.45) is 4.11. The fourth-order valence-electron chi connectivity index (χ4n) is 3.81. The van der Waals surface area contributed by atoms with Gasteiger partial charge in [0.15, 0.2) is 0 Å². The Hall–Kier alpha value is -1.90. The SMILES string of the molecule is O=C(Cn1nc(C2CC2)n2c(cc3sc(Cl)cc32)c1=O)N[C@@H]1CCCNC1. The van der Waals surface area contributed by atoms with Crippen molar-refractivity contribution in [2.45, 2.75) is 44.2 Å². The summed E-state index contributed by atoms with van der Waals surface area (Å²) in [5.41, 5.74) is 1.25. The first-order chi connectivity index (χ1) is 13.1. The van der Waals surface area contributed by atoms with Crippen LogP contribution in [0.15, 0.2) is 16.9 Å². The van der Waals surface area contributed by atoms with Gasteiger partial charge in [0.1, 0.15) is 17.9 Å². The monoisotopic (exact) mass is 405 g/mol. The van der Waals surface area contributed by atoms with Crippen molar-refractivity contribution in [2.75, 3.05) is 13.1 Å². The minimum Gasteiger partial charge on any atom is -0.350 e. The summed E-state index contributed by atoms with van der Waals surface area (Å²) in [5, 5.41) is 10.9. The number of hydrogen-bond acceptors (Lipinski definition) is 5. The van der Waals surface area contributed by atoms with Crippen LogP contribution in [0.2, 0.25) is 4.34 Å². The summed E-state index contributed by atoms with van der Waals surface area (Å²) in [7, 11) is 0. The Balaban J connectivity index is 1.51. The molecule has 4 heterocycles. The van der Waals surface area contributed by atoms with Gasteiger partial charge in [0, 0.05) is 18.5 Å². The first-order valence-corrected chi connectivity index (χ1v) is 10.5. The first kappa shape index (κ1) is 17.2. The van der Waals surface area contributed by atoms with Crippen LogP contribution in [-0.2, 0) is 11.3 Å². The average molecular weight is 406 g/mol. The molecule has 0 aromatic carbocycles. The highest BCUT2D eigenvalue weighted by Gasteiger charge is 2.30. The Labute approximate surface area is 164 Å². The van der Waals surface area contributed by atoms with Gasteiger partial charge in [0.25, 0.3) is 5.56 Å². The lowest BCUT2D eigenvalue weighted by Gasteiger charge is -2.23. The highest BCUT2D eigenvalue weighted by Crippen LogP contribution is 2.41. The van der Waals surface area contributed by atoms with Gasteiger partial charge in [-0.25, -0.2) is 4.68 Å². The number of piperidine rings is 1. The highest BCUT2D eigenvalue weighted by molar-refractivity contribution is 7.22. The Morgan fingerprint density at radius 3 is 2.93 bits per heavy atom. The normalized spacial score (nSPS) is 20.4. The van der Waals surface area contributed by atoms with Crippen LogP contribution >= 0.6 is 22.9 Å². The third-order valence-corrected chi connectivity index (χ3v) is 6.46. The van der Waals surface area contributed by atoms with Crippen LogP contribution in [-0.4, -0.2) is 39.2 Å². The molecule has 3 aromatic heterocycles. The zero-order chi connectivity index (χ0) is 18.5. The van der Waals surface area contributed by atoms with Gasteiger partial charge in [-0.2, -0.15) is 5.10 Å². The maximum absolute atomic E-state index is 13.0. The summed E-state index contributed by atoms with van der Waals surface area (Å²) in [4.78, 5) is 25.4. The maximum atomic E-state index is 13.0. The van der Waals surface area contributed by atoms with Crippen LogP contribution < -0.4 is 16.2 Å². The number of amides is 1. The molecule has 2 N–H and O–H groups in total. The molecule has 5 rings (SSSR count). The van der Waals surface area contributed by atoms with Crippen molar-refractivity contribution in [2.24, 2.45) is 0 Å². The fraction of sp³-hybridized carbons (Fsp3) is 0.500. The lowest BCUT2D eigenvalue weighted by molar-refractivity contribution is -0.122. The van der Waals surface area contributed by atoms with E-state index in [2.05, 4.69) is 15.7 Å². The van der Waals surface area contributed by atoms with Gasteiger partial charge >= 0.3 is 0 Å². The maximum Gasteiger partial charge on any atom is 0.291 e. The molecule has 1 aliphatic carbocycles. The lowest BCUT2D eigenvalue weighted by atomic mass is 10.1. The molecule has 3 aromatic rings. The Morgan fingerprint density at radius 2 is 2.19 bits per heavy atom. The third-order valence-electron chi connectivity index (χ3n) is 5.26. The number of aromatic nitrogens is 3. The van der Waals surface area contributed by atoms with E-state index < -0.39 is 0 Å². The first-order valence-electron chi connectivity index (χ1n) is 9.32. The molecule has 0 radical (unpaired) electrons. The molecule has 0 spiro atoms. The summed E-state index contributed by atoms with van der Waals surface area (Å²) in [6.45, 7) is 1.71. The third kappa shape index (κ3) is 3.15. The molecule has 2 fully saturated rings. The molecule has 0 bridgehead atoms. The van der Waals surface area contributed by atoms with Crippen molar-refractivity contribution in [3.63, 3.8) is 0 Å². The van der Waals surface area contributed by atoms with Gasteiger partial charge < -0.3 is 10.6 Å². The summed E-state index contributed by atoms with van der Waals surface area (Å²) >= 11 is 7.60. The smallest absolute Gasteiger partial charge is 0.291 e. The number of carbonyl (C=O) groups is 1. The topological polar surface area (TPSA) is 80.4 Å². The number of nitrogens with one attached hydrogen (secondary N) is 2. The zero-order valence-electron chi connectivity index (χ0n) is 14.7. The Bertz CT molecular complexity index is 1090. The predicted molar refractivity (Wildman–Crippen MR) is 106 cm³/mol. The van der Waals surface area contributed by atoms with E-state index in [4.69, 9.17) is 11.6 Å². The van der Waals surface area contributed by atoms with Gasteiger partial charge in [-0.05, 0) is 44.4 Å². The van der Waals surface area contributed by atoms with Crippen molar-refractivity contribution in [3.05, 3.63) is 32.6 Å². The van der Waals surface area contributed by atoms with E-state index in [1.54, 1.807) is 0 Å². The van der Waals surface area contributed by atoms with Gasteiger partial charge in [0.05, 0.1) is 14.6 Å². The number of carbonyl (C=O) groups excluding carboxylic acids is 1.